The summed E-state index contributed by atoms with van der Waals surface area (Å²) in [5, 5.41) is 3.29. The maximum atomic E-state index is 5.98. The van der Waals surface area contributed by atoms with Gasteiger partial charge in [-0.15, -0.1) is 0 Å². The molecule has 5 nitrogen and oxygen atoms in total. The van der Waals surface area contributed by atoms with E-state index < -0.39 is 0 Å². The number of nitrogens with zero attached hydrogens (tertiary/aromatic N) is 2. The van der Waals surface area contributed by atoms with Crippen LogP contribution in [-0.2, 0) is 0 Å². The average molecular weight is 286 g/mol. The minimum atomic E-state index is 0.623. The summed E-state index contributed by atoms with van der Waals surface area (Å²) < 4.78 is 5.56. The van der Waals surface area contributed by atoms with Gasteiger partial charge >= 0.3 is 0 Å². The van der Waals surface area contributed by atoms with Crippen molar-refractivity contribution >= 4 is 17.1 Å². The van der Waals surface area contributed by atoms with Crippen molar-refractivity contribution in [3.05, 3.63) is 42.1 Å². The number of para-hydroxylation sites is 1. The van der Waals surface area contributed by atoms with Crippen LogP contribution in [0.15, 0.2) is 36.5 Å². The van der Waals surface area contributed by atoms with Gasteiger partial charge in [-0.3, -0.25) is 0 Å². The molecule has 2 rings (SSSR count). The highest BCUT2D eigenvalue weighted by Crippen LogP contribution is 2.26. The summed E-state index contributed by atoms with van der Waals surface area (Å²) in [5.41, 5.74) is 9.61. The molecule has 0 amide bonds. The van der Waals surface area contributed by atoms with E-state index in [9.17, 15) is 0 Å². The molecule has 0 aliphatic carbocycles. The number of anilines is 3. The lowest BCUT2D eigenvalue weighted by Crippen LogP contribution is -2.19. The molecule has 0 atom stereocenters. The standard InChI is InChI=1S/C16H22N4O/c1-12-5-4-6-14(17)16(12)19-13-7-8-15(18-11-13)21-10-9-20(2)3/h4-8,11,19H,9-10,17H2,1-3H3. The number of nitrogens with one attached hydrogen (secondary N) is 1. The van der Waals surface area contributed by atoms with Crippen molar-refractivity contribution in [3.63, 3.8) is 0 Å². The molecular formula is C16H22N4O. The third-order valence-corrected chi connectivity index (χ3v) is 3.10. The number of nitrogens with two attached hydrogens (primary N) is 1. The second-order valence-corrected chi connectivity index (χ2v) is 5.20. The maximum Gasteiger partial charge on any atom is 0.213 e. The summed E-state index contributed by atoms with van der Waals surface area (Å²) in [6.45, 7) is 3.50. The van der Waals surface area contributed by atoms with Crippen molar-refractivity contribution in [2.24, 2.45) is 0 Å². The molecule has 0 aliphatic heterocycles. The smallest absolute Gasteiger partial charge is 0.213 e. The molecule has 0 bridgehead atoms. The van der Waals surface area contributed by atoms with Crippen LogP contribution in [0.25, 0.3) is 0 Å². The Hall–Kier alpha value is -2.27. The largest absolute Gasteiger partial charge is 0.476 e. The number of rotatable bonds is 6. The van der Waals surface area contributed by atoms with Gasteiger partial charge in [-0.1, -0.05) is 12.1 Å². The highest BCUT2D eigenvalue weighted by atomic mass is 16.5. The van der Waals surface area contributed by atoms with E-state index in [-0.39, 0.29) is 0 Å². The molecule has 1 heterocycles. The van der Waals surface area contributed by atoms with E-state index in [1.807, 2.05) is 51.4 Å². The molecule has 2 aromatic rings. The molecule has 0 radical (unpaired) electrons. The maximum absolute atomic E-state index is 5.98. The zero-order valence-electron chi connectivity index (χ0n) is 12.8. The predicted octanol–water partition coefficient (Wildman–Crippen LogP) is 2.66. The normalized spacial score (nSPS) is 10.7. The topological polar surface area (TPSA) is 63.4 Å². The molecule has 0 saturated carbocycles. The predicted molar refractivity (Wildman–Crippen MR) is 87.2 cm³/mol. The number of hydrogen-bond acceptors (Lipinski definition) is 5. The van der Waals surface area contributed by atoms with Gasteiger partial charge in [0.05, 0.1) is 23.3 Å². The van der Waals surface area contributed by atoms with Gasteiger partial charge in [0.15, 0.2) is 0 Å². The Morgan fingerprint density at radius 2 is 2.05 bits per heavy atom. The molecule has 21 heavy (non-hydrogen) atoms. The Morgan fingerprint density at radius 3 is 2.67 bits per heavy atom. The van der Waals surface area contributed by atoms with Crippen LogP contribution >= 0.6 is 0 Å². The van der Waals surface area contributed by atoms with Gasteiger partial charge in [0.2, 0.25) is 5.88 Å². The van der Waals surface area contributed by atoms with Crippen molar-refractivity contribution in [1.82, 2.24) is 9.88 Å². The number of nitrogen functional groups attached to an aromatic ring is 1. The van der Waals surface area contributed by atoms with Crippen LogP contribution in [-0.4, -0.2) is 37.1 Å². The highest BCUT2D eigenvalue weighted by molar-refractivity contribution is 5.75. The molecular weight excluding hydrogens is 264 g/mol. The summed E-state index contributed by atoms with van der Waals surface area (Å²) in [6, 6.07) is 9.62. The van der Waals surface area contributed by atoms with Gasteiger partial charge in [0.25, 0.3) is 0 Å². The second-order valence-electron chi connectivity index (χ2n) is 5.20. The van der Waals surface area contributed by atoms with E-state index in [1.165, 1.54) is 0 Å². The first kappa shape index (κ1) is 15.1. The minimum absolute atomic E-state index is 0.623. The van der Waals surface area contributed by atoms with Crippen molar-refractivity contribution in [2.45, 2.75) is 6.92 Å². The van der Waals surface area contributed by atoms with Crippen molar-refractivity contribution < 1.29 is 4.74 Å². The van der Waals surface area contributed by atoms with Crippen LogP contribution in [0.5, 0.6) is 5.88 Å². The van der Waals surface area contributed by atoms with Crippen LogP contribution < -0.4 is 15.8 Å². The SMILES string of the molecule is Cc1cccc(N)c1Nc1ccc(OCCN(C)C)nc1. The fourth-order valence-corrected chi connectivity index (χ4v) is 1.88. The third kappa shape index (κ3) is 4.36. The van der Waals surface area contributed by atoms with E-state index in [0.29, 0.717) is 12.5 Å². The number of ether oxygens (including phenoxy) is 1. The Labute approximate surface area is 125 Å². The van der Waals surface area contributed by atoms with Gasteiger partial charge in [-0.05, 0) is 38.7 Å². The summed E-state index contributed by atoms with van der Waals surface area (Å²) >= 11 is 0. The number of hydrogen-bond donors (Lipinski definition) is 2. The number of aryl methyl sites for hydroxylation is 1. The molecule has 3 N–H and O–H groups in total. The number of likely N-dealkylation sites (N-methyl/N-ethyl adjacent to an activating group) is 1. The Balaban J connectivity index is 1.99. The second kappa shape index (κ2) is 6.95. The van der Waals surface area contributed by atoms with Gasteiger partial charge in [0.1, 0.15) is 6.61 Å². The van der Waals surface area contributed by atoms with Gasteiger partial charge in [-0.25, -0.2) is 4.98 Å². The number of pyridine rings is 1. The van der Waals surface area contributed by atoms with Crippen LogP contribution in [0, 0.1) is 6.92 Å². The van der Waals surface area contributed by atoms with Gasteiger partial charge in [0, 0.05) is 12.6 Å². The summed E-state index contributed by atoms with van der Waals surface area (Å²) in [7, 11) is 4.02. The molecule has 0 fully saturated rings. The highest BCUT2D eigenvalue weighted by Gasteiger charge is 2.04. The lowest BCUT2D eigenvalue weighted by atomic mass is 10.1. The molecule has 112 valence electrons. The van der Waals surface area contributed by atoms with E-state index in [2.05, 4.69) is 15.2 Å². The van der Waals surface area contributed by atoms with Crippen LogP contribution in [0.3, 0.4) is 0 Å². The van der Waals surface area contributed by atoms with Crippen LogP contribution in [0.2, 0.25) is 0 Å². The van der Waals surface area contributed by atoms with Crippen LogP contribution in [0.4, 0.5) is 17.1 Å². The fraction of sp³-hybridized carbons (Fsp3) is 0.312. The monoisotopic (exact) mass is 286 g/mol. The quantitative estimate of drug-likeness (QED) is 0.799. The van der Waals surface area contributed by atoms with E-state index >= 15 is 0 Å². The summed E-state index contributed by atoms with van der Waals surface area (Å²) in [5.74, 6) is 0.625. The van der Waals surface area contributed by atoms with Crippen molar-refractivity contribution in [3.8, 4) is 5.88 Å². The van der Waals surface area contributed by atoms with E-state index in [1.54, 1.807) is 6.20 Å². The minimum Gasteiger partial charge on any atom is -0.476 e. The Bertz CT molecular complexity index is 561. The number of benzene rings is 1. The average Bonchev–Trinajstić information content (AvgIpc) is 2.44. The molecule has 5 heteroatoms. The lowest BCUT2D eigenvalue weighted by Gasteiger charge is -2.13. The fourth-order valence-electron chi connectivity index (χ4n) is 1.88. The molecule has 0 saturated heterocycles. The Morgan fingerprint density at radius 1 is 1.24 bits per heavy atom. The lowest BCUT2D eigenvalue weighted by molar-refractivity contribution is 0.254. The van der Waals surface area contributed by atoms with Crippen molar-refractivity contribution in [2.75, 3.05) is 38.3 Å². The summed E-state index contributed by atoms with van der Waals surface area (Å²) in [4.78, 5) is 6.35. The van der Waals surface area contributed by atoms with Crippen LogP contribution in [0.1, 0.15) is 5.56 Å². The molecule has 0 aliphatic rings. The first-order valence-electron chi connectivity index (χ1n) is 6.92. The first-order chi connectivity index (χ1) is 10.1. The Kier molecular flexibility index (Phi) is 5.00. The van der Waals surface area contributed by atoms with E-state index in [4.69, 9.17) is 10.5 Å². The van der Waals surface area contributed by atoms with Gasteiger partial charge in [-0.2, -0.15) is 0 Å². The molecule has 1 aromatic carbocycles. The molecule has 1 aromatic heterocycles. The molecule has 0 unspecified atom stereocenters. The third-order valence-electron chi connectivity index (χ3n) is 3.10. The molecule has 0 spiro atoms. The summed E-state index contributed by atoms with van der Waals surface area (Å²) in [6.07, 6.45) is 1.75. The van der Waals surface area contributed by atoms with Gasteiger partial charge < -0.3 is 20.7 Å². The zero-order valence-corrected chi connectivity index (χ0v) is 12.8. The first-order valence-corrected chi connectivity index (χ1v) is 6.92. The van der Waals surface area contributed by atoms with E-state index in [0.717, 1.165) is 29.2 Å². The number of aromatic nitrogens is 1. The van der Waals surface area contributed by atoms with Crippen molar-refractivity contribution in [1.29, 1.82) is 0 Å². The zero-order chi connectivity index (χ0) is 15.2.